The number of para-hydroxylation sites is 1. The van der Waals surface area contributed by atoms with E-state index in [2.05, 4.69) is 15.5 Å². The summed E-state index contributed by atoms with van der Waals surface area (Å²) in [7, 11) is 0. The molecule has 6 nitrogen and oxygen atoms in total. The van der Waals surface area contributed by atoms with E-state index in [1.165, 1.54) is 23.9 Å². The predicted octanol–water partition coefficient (Wildman–Crippen LogP) is 3.91. The van der Waals surface area contributed by atoms with Gasteiger partial charge in [0, 0.05) is 18.6 Å². The van der Waals surface area contributed by atoms with Crippen LogP contribution in [0.4, 0.5) is 10.1 Å². The number of rotatable bonds is 5. The zero-order valence-electron chi connectivity index (χ0n) is 13.9. The van der Waals surface area contributed by atoms with Crippen LogP contribution in [0.3, 0.4) is 0 Å². The number of nitrogens with zero attached hydrogens (tertiary/aromatic N) is 3. The third kappa shape index (κ3) is 2.92. The lowest BCUT2D eigenvalue weighted by Gasteiger charge is -2.08. The number of hydrogen-bond acceptors (Lipinski definition) is 5. The van der Waals surface area contributed by atoms with Crippen molar-refractivity contribution in [1.29, 1.82) is 0 Å². The van der Waals surface area contributed by atoms with E-state index < -0.39 is 5.82 Å². The van der Waals surface area contributed by atoms with Crippen molar-refractivity contribution in [2.24, 2.45) is 0 Å². The highest BCUT2D eigenvalue weighted by molar-refractivity contribution is 8.00. The SMILES string of the molecule is CCc1nnc(SCC(=O)Nc2ccccc2F)c2cc3occc3n12. The number of furan rings is 1. The lowest BCUT2D eigenvalue weighted by molar-refractivity contribution is -0.113. The molecule has 0 aliphatic carbocycles. The fourth-order valence-electron chi connectivity index (χ4n) is 2.77. The van der Waals surface area contributed by atoms with Crippen molar-refractivity contribution < 1.29 is 13.6 Å². The van der Waals surface area contributed by atoms with Gasteiger partial charge in [-0.25, -0.2) is 4.39 Å². The minimum absolute atomic E-state index is 0.0939. The molecule has 0 aliphatic heterocycles. The number of halogens is 1. The summed E-state index contributed by atoms with van der Waals surface area (Å²) in [5.74, 6) is 0.134. The van der Waals surface area contributed by atoms with Gasteiger partial charge in [0.05, 0.1) is 28.7 Å². The van der Waals surface area contributed by atoms with Crippen LogP contribution in [0.25, 0.3) is 16.6 Å². The molecule has 0 aliphatic rings. The van der Waals surface area contributed by atoms with E-state index in [4.69, 9.17) is 4.42 Å². The van der Waals surface area contributed by atoms with E-state index >= 15 is 0 Å². The number of anilines is 1. The summed E-state index contributed by atoms with van der Waals surface area (Å²) in [6.45, 7) is 2.00. The predicted molar refractivity (Wildman–Crippen MR) is 97.9 cm³/mol. The summed E-state index contributed by atoms with van der Waals surface area (Å²) in [6, 6.07) is 9.83. The van der Waals surface area contributed by atoms with Crippen LogP contribution in [0.5, 0.6) is 0 Å². The monoisotopic (exact) mass is 370 g/mol. The maximum Gasteiger partial charge on any atom is 0.234 e. The minimum atomic E-state index is -0.465. The first kappa shape index (κ1) is 16.6. The first-order chi connectivity index (χ1) is 12.7. The van der Waals surface area contributed by atoms with Crippen LogP contribution in [0.1, 0.15) is 12.7 Å². The maximum absolute atomic E-state index is 13.6. The highest BCUT2D eigenvalue weighted by Crippen LogP contribution is 2.29. The Morgan fingerprint density at radius 2 is 2.12 bits per heavy atom. The Morgan fingerprint density at radius 1 is 1.27 bits per heavy atom. The molecule has 3 heterocycles. The van der Waals surface area contributed by atoms with Crippen LogP contribution in [0.2, 0.25) is 0 Å². The number of thioether (sulfide) groups is 1. The molecule has 132 valence electrons. The highest BCUT2D eigenvalue weighted by Gasteiger charge is 2.16. The van der Waals surface area contributed by atoms with E-state index in [-0.39, 0.29) is 17.3 Å². The average Bonchev–Trinajstić information content (AvgIpc) is 3.23. The molecule has 0 atom stereocenters. The van der Waals surface area contributed by atoms with Crippen LogP contribution in [0.15, 0.2) is 52.1 Å². The molecule has 4 rings (SSSR count). The van der Waals surface area contributed by atoms with E-state index in [9.17, 15) is 9.18 Å². The van der Waals surface area contributed by atoms with Crippen LogP contribution >= 0.6 is 11.8 Å². The number of nitrogens with one attached hydrogen (secondary N) is 1. The summed E-state index contributed by atoms with van der Waals surface area (Å²) in [5, 5.41) is 11.7. The second kappa shape index (κ2) is 6.80. The second-order valence-corrected chi connectivity index (χ2v) is 6.59. The largest absolute Gasteiger partial charge is 0.463 e. The number of aryl methyl sites for hydroxylation is 1. The molecule has 3 aromatic heterocycles. The molecule has 1 N–H and O–H groups in total. The lowest BCUT2D eigenvalue weighted by atomic mass is 10.3. The van der Waals surface area contributed by atoms with Gasteiger partial charge >= 0.3 is 0 Å². The fourth-order valence-corrected chi connectivity index (χ4v) is 3.51. The smallest absolute Gasteiger partial charge is 0.234 e. The van der Waals surface area contributed by atoms with Crippen molar-refractivity contribution in [2.45, 2.75) is 18.4 Å². The Hall–Kier alpha value is -2.87. The molecule has 8 heteroatoms. The van der Waals surface area contributed by atoms with Crippen LogP contribution in [-0.2, 0) is 11.2 Å². The van der Waals surface area contributed by atoms with Gasteiger partial charge < -0.3 is 9.73 Å². The van der Waals surface area contributed by atoms with Gasteiger partial charge in [-0.2, -0.15) is 0 Å². The van der Waals surface area contributed by atoms with Gasteiger partial charge in [-0.3, -0.25) is 9.20 Å². The molecule has 1 aromatic carbocycles. The first-order valence-corrected chi connectivity index (χ1v) is 9.07. The van der Waals surface area contributed by atoms with Crippen molar-refractivity contribution in [1.82, 2.24) is 14.6 Å². The van der Waals surface area contributed by atoms with Gasteiger partial charge in [0.1, 0.15) is 16.7 Å². The molecule has 0 bridgehead atoms. The number of carbonyl (C=O) groups excluding carboxylic acids is 1. The molecular weight excluding hydrogens is 355 g/mol. The Kier molecular flexibility index (Phi) is 4.34. The first-order valence-electron chi connectivity index (χ1n) is 8.08. The van der Waals surface area contributed by atoms with E-state index in [1.807, 2.05) is 23.5 Å². The quantitative estimate of drug-likeness (QED) is 0.539. The van der Waals surface area contributed by atoms with Crippen molar-refractivity contribution in [3.8, 4) is 0 Å². The molecule has 0 saturated heterocycles. The number of benzene rings is 1. The summed E-state index contributed by atoms with van der Waals surface area (Å²) in [4.78, 5) is 12.1. The molecule has 0 unspecified atom stereocenters. The third-order valence-corrected chi connectivity index (χ3v) is 4.93. The zero-order chi connectivity index (χ0) is 18.1. The number of fused-ring (bicyclic) bond motifs is 3. The normalized spacial score (nSPS) is 11.3. The summed E-state index contributed by atoms with van der Waals surface area (Å²) in [5.41, 5.74) is 2.67. The second-order valence-electron chi connectivity index (χ2n) is 5.63. The summed E-state index contributed by atoms with van der Waals surface area (Å²) < 4.78 is 21.1. The Labute approximate surface area is 152 Å². The molecule has 0 spiro atoms. The molecule has 0 fully saturated rings. The summed E-state index contributed by atoms with van der Waals surface area (Å²) in [6.07, 6.45) is 2.35. The molecule has 0 saturated carbocycles. The Balaban J connectivity index is 1.58. The van der Waals surface area contributed by atoms with Gasteiger partial charge in [0.2, 0.25) is 5.91 Å². The van der Waals surface area contributed by atoms with Crippen LogP contribution < -0.4 is 5.32 Å². The number of hydrogen-bond donors (Lipinski definition) is 1. The third-order valence-electron chi connectivity index (χ3n) is 3.96. The maximum atomic E-state index is 13.6. The topological polar surface area (TPSA) is 72.4 Å². The number of aromatic nitrogens is 3. The number of carbonyl (C=O) groups is 1. The van der Waals surface area contributed by atoms with E-state index in [0.29, 0.717) is 5.03 Å². The van der Waals surface area contributed by atoms with Crippen molar-refractivity contribution in [3.05, 3.63) is 54.3 Å². The fraction of sp³-hybridized carbons (Fsp3) is 0.167. The Morgan fingerprint density at radius 3 is 2.92 bits per heavy atom. The van der Waals surface area contributed by atoms with Gasteiger partial charge in [-0.1, -0.05) is 30.8 Å². The molecular formula is C18H15FN4O2S. The number of amides is 1. The van der Waals surface area contributed by atoms with Gasteiger partial charge in [0.15, 0.2) is 5.58 Å². The lowest BCUT2D eigenvalue weighted by Crippen LogP contribution is -2.15. The molecule has 26 heavy (non-hydrogen) atoms. The van der Waals surface area contributed by atoms with Crippen LogP contribution in [0, 0.1) is 5.82 Å². The van der Waals surface area contributed by atoms with Gasteiger partial charge in [0.25, 0.3) is 0 Å². The standard InChI is InChI=1S/C18H15FN4O2S/c1-2-16-21-22-18(14-9-15-13(23(14)16)7-8-25-15)26-10-17(24)20-12-6-4-3-5-11(12)19/h3-9H,2,10H2,1H3,(H,20,24). The van der Waals surface area contributed by atoms with Gasteiger partial charge in [-0.05, 0) is 12.1 Å². The van der Waals surface area contributed by atoms with Gasteiger partial charge in [-0.15, -0.1) is 10.2 Å². The van der Waals surface area contributed by atoms with E-state index in [0.717, 1.165) is 28.9 Å². The van der Waals surface area contributed by atoms with Crippen molar-refractivity contribution >= 4 is 40.0 Å². The minimum Gasteiger partial charge on any atom is -0.463 e. The zero-order valence-corrected chi connectivity index (χ0v) is 14.7. The molecule has 0 radical (unpaired) electrons. The molecule has 4 aromatic rings. The average molecular weight is 370 g/mol. The molecule has 1 amide bonds. The summed E-state index contributed by atoms with van der Waals surface area (Å²) >= 11 is 1.25. The van der Waals surface area contributed by atoms with E-state index in [1.54, 1.807) is 18.4 Å². The highest BCUT2D eigenvalue weighted by atomic mass is 32.2. The van der Waals surface area contributed by atoms with Crippen molar-refractivity contribution in [3.63, 3.8) is 0 Å². The van der Waals surface area contributed by atoms with Crippen LogP contribution in [-0.4, -0.2) is 26.3 Å². The Bertz CT molecular complexity index is 1110. The van der Waals surface area contributed by atoms with Crippen molar-refractivity contribution in [2.75, 3.05) is 11.1 Å².